The second-order valence-electron chi connectivity index (χ2n) is 7.08. The first kappa shape index (κ1) is 19.8. The fourth-order valence-corrected chi connectivity index (χ4v) is 3.65. The largest absolute Gasteiger partial charge is 0.395 e. The number of hydrogen-bond acceptors (Lipinski definition) is 4. The Hall–Kier alpha value is -3.46. The summed E-state index contributed by atoms with van der Waals surface area (Å²) in [4.78, 5) is 27.2. The average molecular weight is 411 g/mol. The zero-order valence-corrected chi connectivity index (χ0v) is 16.2. The molecule has 0 spiro atoms. The van der Waals surface area contributed by atoms with Crippen LogP contribution in [0.1, 0.15) is 23.2 Å². The molecule has 156 valence electrons. The standard InChI is InChI=1S/C21H22FN5O3/c22-15-5-7-16(8-6-15)27-20(25-9-1-2-10-25)17(14-23-27)19(29)24-18-4-3-11-26(12-13-28)21(18)30/h1-2,5-10,14,18,28H,3-4,11-13H2,(H,24,29)/t18-/m0/s1. The number of carbonyl (C=O) groups is 2. The Balaban J connectivity index is 1.65. The van der Waals surface area contributed by atoms with E-state index in [0.29, 0.717) is 30.0 Å². The molecule has 1 atom stereocenters. The van der Waals surface area contributed by atoms with Crippen molar-refractivity contribution in [2.24, 2.45) is 0 Å². The van der Waals surface area contributed by atoms with E-state index in [1.165, 1.54) is 18.3 Å². The number of nitrogens with one attached hydrogen (secondary N) is 1. The van der Waals surface area contributed by atoms with Crippen LogP contribution in [0.3, 0.4) is 0 Å². The number of hydrogen-bond donors (Lipinski definition) is 2. The van der Waals surface area contributed by atoms with Gasteiger partial charge in [-0.3, -0.25) is 9.59 Å². The molecule has 3 aromatic rings. The van der Waals surface area contributed by atoms with Gasteiger partial charge < -0.3 is 19.9 Å². The number of aromatic nitrogens is 3. The highest BCUT2D eigenvalue weighted by molar-refractivity contribution is 6.00. The number of rotatable bonds is 6. The summed E-state index contributed by atoms with van der Waals surface area (Å²) < 4.78 is 16.6. The zero-order chi connectivity index (χ0) is 21.1. The summed E-state index contributed by atoms with van der Waals surface area (Å²) in [5.41, 5.74) is 0.893. The number of aliphatic hydroxyl groups excluding tert-OH is 1. The Morgan fingerprint density at radius 2 is 1.97 bits per heavy atom. The van der Waals surface area contributed by atoms with Gasteiger partial charge in [0.2, 0.25) is 5.91 Å². The first-order chi connectivity index (χ1) is 14.6. The van der Waals surface area contributed by atoms with E-state index in [9.17, 15) is 14.0 Å². The molecule has 1 fully saturated rings. The van der Waals surface area contributed by atoms with Crippen molar-refractivity contribution in [3.8, 4) is 11.5 Å². The van der Waals surface area contributed by atoms with Crippen LogP contribution in [0.5, 0.6) is 0 Å². The van der Waals surface area contributed by atoms with Gasteiger partial charge in [-0.15, -0.1) is 0 Å². The van der Waals surface area contributed by atoms with Crippen molar-refractivity contribution in [1.29, 1.82) is 0 Å². The van der Waals surface area contributed by atoms with E-state index in [4.69, 9.17) is 5.11 Å². The molecular formula is C21H22FN5O3. The lowest BCUT2D eigenvalue weighted by atomic mass is 10.0. The van der Waals surface area contributed by atoms with Crippen molar-refractivity contribution >= 4 is 11.8 Å². The molecule has 2 amide bonds. The molecule has 2 N–H and O–H groups in total. The van der Waals surface area contributed by atoms with Crippen molar-refractivity contribution in [3.05, 3.63) is 66.4 Å². The topological polar surface area (TPSA) is 92.4 Å². The maximum atomic E-state index is 13.3. The molecule has 2 aromatic heterocycles. The maximum absolute atomic E-state index is 13.3. The van der Waals surface area contributed by atoms with Crippen molar-refractivity contribution in [2.45, 2.75) is 18.9 Å². The minimum atomic E-state index is -0.649. The van der Waals surface area contributed by atoms with Crippen molar-refractivity contribution in [1.82, 2.24) is 24.6 Å². The summed E-state index contributed by atoms with van der Waals surface area (Å²) in [6, 6.07) is 8.80. The molecule has 30 heavy (non-hydrogen) atoms. The third kappa shape index (κ3) is 3.84. The Bertz CT molecular complexity index is 1030. The molecule has 0 bridgehead atoms. The van der Waals surface area contributed by atoms with Gasteiger partial charge >= 0.3 is 0 Å². The summed E-state index contributed by atoms with van der Waals surface area (Å²) in [6.45, 7) is 0.708. The Labute approximate surface area is 172 Å². The quantitative estimate of drug-likeness (QED) is 0.643. The molecule has 9 heteroatoms. The second kappa shape index (κ2) is 8.50. The molecule has 0 saturated carbocycles. The molecule has 3 heterocycles. The summed E-state index contributed by atoms with van der Waals surface area (Å²) >= 11 is 0. The van der Waals surface area contributed by atoms with Crippen molar-refractivity contribution in [3.63, 3.8) is 0 Å². The summed E-state index contributed by atoms with van der Waals surface area (Å²) in [5, 5.41) is 16.3. The number of benzene rings is 1. The third-order valence-corrected chi connectivity index (χ3v) is 5.11. The fraction of sp³-hybridized carbons (Fsp3) is 0.286. The van der Waals surface area contributed by atoms with Gasteiger partial charge in [-0.05, 0) is 49.2 Å². The first-order valence-corrected chi connectivity index (χ1v) is 9.76. The Morgan fingerprint density at radius 3 is 2.67 bits per heavy atom. The van der Waals surface area contributed by atoms with Gasteiger partial charge in [-0.25, -0.2) is 9.07 Å². The van der Waals surface area contributed by atoms with E-state index < -0.39 is 11.9 Å². The molecule has 1 aromatic carbocycles. The number of β-amino-alcohol motifs (C(OH)–C–C–N with tert-alkyl or cyclic N) is 1. The van der Waals surface area contributed by atoms with Crippen LogP contribution < -0.4 is 5.32 Å². The van der Waals surface area contributed by atoms with E-state index in [1.54, 1.807) is 38.7 Å². The zero-order valence-electron chi connectivity index (χ0n) is 16.2. The van der Waals surface area contributed by atoms with Crippen LogP contribution in [-0.2, 0) is 4.79 Å². The van der Waals surface area contributed by atoms with Crippen LogP contribution in [0.4, 0.5) is 4.39 Å². The minimum absolute atomic E-state index is 0.116. The van der Waals surface area contributed by atoms with Crippen molar-refractivity contribution < 1.29 is 19.1 Å². The van der Waals surface area contributed by atoms with Crippen LogP contribution in [0.2, 0.25) is 0 Å². The van der Waals surface area contributed by atoms with Crippen LogP contribution in [-0.4, -0.2) is 61.9 Å². The number of carbonyl (C=O) groups excluding carboxylic acids is 2. The lowest BCUT2D eigenvalue weighted by Gasteiger charge is -2.32. The molecule has 8 nitrogen and oxygen atoms in total. The molecule has 0 unspecified atom stereocenters. The second-order valence-corrected chi connectivity index (χ2v) is 7.08. The van der Waals surface area contributed by atoms with Gasteiger partial charge in [0.05, 0.1) is 18.5 Å². The molecule has 1 aliphatic rings. The Morgan fingerprint density at radius 1 is 1.23 bits per heavy atom. The number of piperidine rings is 1. The number of amides is 2. The van der Waals surface area contributed by atoms with Crippen LogP contribution in [0, 0.1) is 5.82 Å². The van der Waals surface area contributed by atoms with E-state index in [-0.39, 0.29) is 24.9 Å². The summed E-state index contributed by atoms with van der Waals surface area (Å²) in [5.74, 6) is -0.498. The van der Waals surface area contributed by atoms with Gasteiger partial charge in [-0.2, -0.15) is 5.10 Å². The molecule has 0 aliphatic carbocycles. The monoisotopic (exact) mass is 411 g/mol. The predicted octanol–water partition coefficient (Wildman–Crippen LogP) is 1.52. The molecule has 1 saturated heterocycles. The van der Waals surface area contributed by atoms with E-state index in [2.05, 4.69) is 10.4 Å². The Kier molecular flexibility index (Phi) is 5.62. The van der Waals surface area contributed by atoms with Crippen LogP contribution >= 0.6 is 0 Å². The number of nitrogens with zero attached hydrogens (tertiary/aromatic N) is 4. The summed E-state index contributed by atoms with van der Waals surface area (Å²) in [7, 11) is 0. The van der Waals surface area contributed by atoms with Gasteiger partial charge in [0.15, 0.2) is 5.82 Å². The SMILES string of the molecule is O=C(N[C@H]1CCCN(CCO)C1=O)c1cnn(-c2ccc(F)cc2)c1-n1cccc1. The number of halogens is 1. The lowest BCUT2D eigenvalue weighted by molar-refractivity contribution is -0.136. The normalized spacial score (nSPS) is 16.7. The highest BCUT2D eigenvalue weighted by Gasteiger charge is 2.31. The van der Waals surface area contributed by atoms with Crippen LogP contribution in [0.25, 0.3) is 11.5 Å². The maximum Gasteiger partial charge on any atom is 0.257 e. The lowest BCUT2D eigenvalue weighted by Crippen LogP contribution is -2.52. The van der Waals surface area contributed by atoms with Crippen LogP contribution in [0.15, 0.2) is 55.0 Å². The van der Waals surface area contributed by atoms with E-state index in [1.807, 2.05) is 12.1 Å². The van der Waals surface area contributed by atoms with Gasteiger partial charge in [-0.1, -0.05) is 0 Å². The molecular weight excluding hydrogens is 389 g/mol. The number of likely N-dealkylation sites (tertiary alicyclic amines) is 1. The molecule has 1 aliphatic heterocycles. The van der Waals surface area contributed by atoms with E-state index >= 15 is 0 Å². The highest BCUT2D eigenvalue weighted by atomic mass is 19.1. The van der Waals surface area contributed by atoms with Gasteiger partial charge in [0, 0.05) is 25.5 Å². The smallest absolute Gasteiger partial charge is 0.257 e. The average Bonchev–Trinajstić information content (AvgIpc) is 3.41. The third-order valence-electron chi connectivity index (χ3n) is 5.11. The fourth-order valence-electron chi connectivity index (χ4n) is 3.65. The molecule has 4 rings (SSSR count). The molecule has 0 radical (unpaired) electrons. The summed E-state index contributed by atoms with van der Waals surface area (Å²) in [6.07, 6.45) is 6.28. The van der Waals surface area contributed by atoms with Gasteiger partial charge in [0.1, 0.15) is 17.4 Å². The predicted molar refractivity (Wildman–Crippen MR) is 107 cm³/mol. The highest BCUT2D eigenvalue weighted by Crippen LogP contribution is 2.21. The van der Waals surface area contributed by atoms with E-state index in [0.717, 1.165) is 6.42 Å². The van der Waals surface area contributed by atoms with Crippen molar-refractivity contribution in [2.75, 3.05) is 19.7 Å². The van der Waals surface area contributed by atoms with Gasteiger partial charge in [0.25, 0.3) is 5.91 Å². The first-order valence-electron chi connectivity index (χ1n) is 9.76. The minimum Gasteiger partial charge on any atom is -0.395 e. The number of aliphatic hydroxyl groups is 1.